The summed E-state index contributed by atoms with van der Waals surface area (Å²) in [7, 11) is 0. The van der Waals surface area contributed by atoms with Gasteiger partial charge < -0.3 is 10.1 Å². The van der Waals surface area contributed by atoms with Crippen molar-refractivity contribution in [2.75, 3.05) is 31.5 Å². The van der Waals surface area contributed by atoms with Gasteiger partial charge in [-0.1, -0.05) is 0 Å². The zero-order valence-electron chi connectivity index (χ0n) is 12.8. The van der Waals surface area contributed by atoms with Crippen LogP contribution in [0.1, 0.15) is 32.3 Å². The third-order valence-electron chi connectivity index (χ3n) is 3.46. The number of hydrogen-bond acceptors (Lipinski definition) is 5. The van der Waals surface area contributed by atoms with Crippen molar-refractivity contribution in [1.82, 2.24) is 14.9 Å². The van der Waals surface area contributed by atoms with Crippen LogP contribution in [0.5, 0.6) is 0 Å². The first-order chi connectivity index (χ1) is 9.63. The Hall–Kier alpha value is -1.20. The minimum absolute atomic E-state index is 0.359. The second kappa shape index (κ2) is 7.55. The van der Waals surface area contributed by atoms with Crippen LogP contribution in [-0.2, 0) is 4.74 Å². The summed E-state index contributed by atoms with van der Waals surface area (Å²) in [6.07, 6.45) is 6.73. The molecular weight excluding hydrogens is 252 g/mol. The second-order valence-corrected chi connectivity index (χ2v) is 5.73. The van der Waals surface area contributed by atoms with E-state index in [4.69, 9.17) is 4.74 Å². The minimum atomic E-state index is 0.359. The molecule has 5 heteroatoms. The minimum Gasteiger partial charge on any atom is -0.373 e. The molecule has 0 saturated carbocycles. The summed E-state index contributed by atoms with van der Waals surface area (Å²) in [5.74, 6) is 0.726. The molecule has 1 saturated heterocycles. The summed E-state index contributed by atoms with van der Waals surface area (Å²) in [4.78, 5) is 11.0. The quantitative estimate of drug-likeness (QED) is 0.807. The molecule has 0 aromatic carbocycles. The van der Waals surface area contributed by atoms with E-state index in [1.807, 2.05) is 19.3 Å². The number of aromatic nitrogens is 2. The van der Waals surface area contributed by atoms with E-state index < -0.39 is 0 Å². The molecule has 1 aromatic rings. The van der Waals surface area contributed by atoms with Crippen molar-refractivity contribution in [2.45, 2.75) is 45.8 Å². The summed E-state index contributed by atoms with van der Waals surface area (Å²) >= 11 is 0. The predicted molar refractivity (Wildman–Crippen MR) is 80.9 cm³/mol. The van der Waals surface area contributed by atoms with E-state index in [2.05, 4.69) is 34.0 Å². The fourth-order valence-corrected chi connectivity index (χ4v) is 2.61. The van der Waals surface area contributed by atoms with Crippen LogP contribution in [-0.4, -0.2) is 53.3 Å². The monoisotopic (exact) mass is 278 g/mol. The Kier molecular flexibility index (Phi) is 5.73. The number of anilines is 1. The smallest absolute Gasteiger partial charge is 0.222 e. The van der Waals surface area contributed by atoms with Gasteiger partial charge in [0.2, 0.25) is 5.95 Å². The first-order valence-corrected chi connectivity index (χ1v) is 7.54. The molecule has 5 nitrogen and oxygen atoms in total. The lowest BCUT2D eigenvalue weighted by molar-refractivity contribution is -0.0681. The normalized spacial score (nSPS) is 23.8. The predicted octanol–water partition coefficient (Wildman–Crippen LogP) is 2.09. The highest BCUT2D eigenvalue weighted by Gasteiger charge is 2.21. The highest BCUT2D eigenvalue weighted by Crippen LogP contribution is 2.11. The summed E-state index contributed by atoms with van der Waals surface area (Å²) < 4.78 is 5.74. The van der Waals surface area contributed by atoms with Crippen LogP contribution >= 0.6 is 0 Å². The maximum atomic E-state index is 5.74. The Bertz CT molecular complexity index is 385. The Morgan fingerprint density at radius 3 is 2.50 bits per heavy atom. The summed E-state index contributed by atoms with van der Waals surface area (Å²) in [6, 6.07) is 0. The topological polar surface area (TPSA) is 50.3 Å². The van der Waals surface area contributed by atoms with E-state index in [-0.39, 0.29) is 0 Å². The van der Waals surface area contributed by atoms with Crippen molar-refractivity contribution in [3.8, 4) is 0 Å². The molecule has 0 aliphatic carbocycles. The van der Waals surface area contributed by atoms with E-state index in [9.17, 15) is 0 Å². The lowest BCUT2D eigenvalue weighted by atomic mass is 10.2. The molecule has 1 fully saturated rings. The van der Waals surface area contributed by atoms with E-state index >= 15 is 0 Å². The molecule has 20 heavy (non-hydrogen) atoms. The van der Waals surface area contributed by atoms with Crippen molar-refractivity contribution >= 4 is 5.95 Å². The molecule has 0 radical (unpaired) electrons. The Morgan fingerprint density at radius 1 is 1.20 bits per heavy atom. The van der Waals surface area contributed by atoms with Crippen molar-refractivity contribution in [3.05, 3.63) is 18.0 Å². The first kappa shape index (κ1) is 15.2. The molecule has 2 atom stereocenters. The van der Waals surface area contributed by atoms with E-state index in [1.165, 1.54) is 6.42 Å². The first-order valence-electron chi connectivity index (χ1n) is 7.54. The largest absolute Gasteiger partial charge is 0.373 e. The molecule has 1 aliphatic heterocycles. The molecule has 1 aliphatic rings. The zero-order valence-corrected chi connectivity index (χ0v) is 12.8. The maximum Gasteiger partial charge on any atom is 0.222 e. The van der Waals surface area contributed by atoms with Crippen molar-refractivity contribution in [2.24, 2.45) is 0 Å². The van der Waals surface area contributed by atoms with Crippen molar-refractivity contribution in [1.29, 1.82) is 0 Å². The number of rotatable bonds is 6. The molecule has 0 amide bonds. The SMILES string of the molecule is Cc1cnc(NCCCCN2CC(C)OC(C)C2)nc1. The van der Waals surface area contributed by atoms with Crippen LogP contribution < -0.4 is 5.32 Å². The van der Waals surface area contributed by atoms with Crippen LogP contribution in [0.4, 0.5) is 5.95 Å². The second-order valence-electron chi connectivity index (χ2n) is 5.73. The number of aryl methyl sites for hydroxylation is 1. The summed E-state index contributed by atoms with van der Waals surface area (Å²) in [6.45, 7) is 10.5. The third-order valence-corrected chi connectivity index (χ3v) is 3.46. The van der Waals surface area contributed by atoms with Gasteiger partial charge in [-0.05, 0) is 45.7 Å². The van der Waals surface area contributed by atoms with E-state index in [0.717, 1.165) is 44.1 Å². The molecular formula is C15H26N4O. The number of nitrogens with zero attached hydrogens (tertiary/aromatic N) is 3. The van der Waals surface area contributed by atoms with Crippen molar-refractivity contribution in [3.63, 3.8) is 0 Å². The molecule has 0 spiro atoms. The number of unbranched alkanes of at least 4 members (excludes halogenated alkanes) is 1. The lowest BCUT2D eigenvalue weighted by Crippen LogP contribution is -2.45. The third kappa shape index (κ3) is 5.06. The summed E-state index contributed by atoms with van der Waals surface area (Å²) in [5.41, 5.74) is 1.09. The van der Waals surface area contributed by atoms with Gasteiger partial charge in [0.15, 0.2) is 0 Å². The van der Waals surface area contributed by atoms with Crippen LogP contribution in [0.15, 0.2) is 12.4 Å². The average Bonchev–Trinajstić information content (AvgIpc) is 2.39. The van der Waals surface area contributed by atoms with Crippen molar-refractivity contribution < 1.29 is 4.74 Å². The van der Waals surface area contributed by atoms with Gasteiger partial charge >= 0.3 is 0 Å². The molecule has 2 unspecified atom stereocenters. The zero-order chi connectivity index (χ0) is 14.4. The number of morpholine rings is 1. The van der Waals surface area contributed by atoms with Gasteiger partial charge in [-0.25, -0.2) is 9.97 Å². The standard InChI is InChI=1S/C15H26N4O/c1-12-8-17-15(18-9-12)16-6-4-5-7-19-10-13(2)20-14(3)11-19/h8-9,13-14H,4-7,10-11H2,1-3H3,(H,16,17,18). The van der Waals surface area contributed by atoms with E-state index in [0.29, 0.717) is 12.2 Å². The average molecular weight is 278 g/mol. The van der Waals surface area contributed by atoms with Gasteiger partial charge in [0.25, 0.3) is 0 Å². The highest BCUT2D eigenvalue weighted by atomic mass is 16.5. The van der Waals surface area contributed by atoms with Crippen LogP contribution in [0.3, 0.4) is 0 Å². The molecule has 1 aromatic heterocycles. The van der Waals surface area contributed by atoms with Gasteiger partial charge in [-0.3, -0.25) is 4.90 Å². The van der Waals surface area contributed by atoms with Gasteiger partial charge in [0, 0.05) is 32.0 Å². The number of ether oxygens (including phenoxy) is 1. The summed E-state index contributed by atoms with van der Waals surface area (Å²) in [5, 5.41) is 3.26. The number of nitrogens with one attached hydrogen (secondary N) is 1. The van der Waals surface area contributed by atoms with Crippen LogP contribution in [0.2, 0.25) is 0 Å². The van der Waals surface area contributed by atoms with Gasteiger partial charge in [0.05, 0.1) is 12.2 Å². The maximum absolute atomic E-state index is 5.74. The Balaban J connectivity index is 1.58. The fourth-order valence-electron chi connectivity index (χ4n) is 2.61. The molecule has 1 N–H and O–H groups in total. The highest BCUT2D eigenvalue weighted by molar-refractivity contribution is 5.23. The Labute approximate surface area is 121 Å². The molecule has 0 bridgehead atoms. The Morgan fingerprint density at radius 2 is 1.85 bits per heavy atom. The van der Waals surface area contributed by atoms with Crippen LogP contribution in [0, 0.1) is 6.92 Å². The fraction of sp³-hybridized carbons (Fsp3) is 0.733. The lowest BCUT2D eigenvalue weighted by Gasteiger charge is -2.35. The molecule has 2 heterocycles. The van der Waals surface area contributed by atoms with E-state index in [1.54, 1.807) is 0 Å². The van der Waals surface area contributed by atoms with Gasteiger partial charge in [-0.15, -0.1) is 0 Å². The number of hydrogen-bond donors (Lipinski definition) is 1. The van der Waals surface area contributed by atoms with Crippen LogP contribution in [0.25, 0.3) is 0 Å². The molecule has 112 valence electrons. The van der Waals surface area contributed by atoms with Gasteiger partial charge in [0.1, 0.15) is 0 Å². The molecule has 2 rings (SSSR count). The van der Waals surface area contributed by atoms with Gasteiger partial charge in [-0.2, -0.15) is 0 Å².